The fourth-order valence-electron chi connectivity index (χ4n) is 1.61. The lowest BCUT2D eigenvalue weighted by Gasteiger charge is -2.14. The van der Waals surface area contributed by atoms with Gasteiger partial charge in [0, 0.05) is 0 Å². The predicted octanol–water partition coefficient (Wildman–Crippen LogP) is 3.40. The van der Waals surface area contributed by atoms with Crippen molar-refractivity contribution in [3.05, 3.63) is 18.3 Å². The van der Waals surface area contributed by atoms with Crippen molar-refractivity contribution in [2.24, 2.45) is 0 Å². The van der Waals surface area contributed by atoms with Gasteiger partial charge in [0.1, 0.15) is 11.6 Å². The van der Waals surface area contributed by atoms with Crippen LogP contribution in [0.15, 0.2) is 18.3 Å². The number of hydrogen-bond acceptors (Lipinski definition) is 3. The molecule has 1 atom stereocenters. The highest BCUT2D eigenvalue weighted by Gasteiger charge is 2.03. The van der Waals surface area contributed by atoms with Crippen molar-refractivity contribution in [2.45, 2.75) is 52.1 Å². The monoisotopic (exact) mass is 222 g/mol. The number of nitrogens with two attached hydrogens (primary N) is 1. The van der Waals surface area contributed by atoms with E-state index in [1.54, 1.807) is 12.3 Å². The Morgan fingerprint density at radius 1 is 1.31 bits per heavy atom. The Morgan fingerprint density at radius 2 is 2.12 bits per heavy atom. The lowest BCUT2D eigenvalue weighted by atomic mass is 10.1. The van der Waals surface area contributed by atoms with Crippen molar-refractivity contribution in [3.63, 3.8) is 0 Å². The van der Waals surface area contributed by atoms with Crippen LogP contribution in [0.1, 0.15) is 46.0 Å². The van der Waals surface area contributed by atoms with Crippen molar-refractivity contribution in [1.29, 1.82) is 0 Å². The largest absolute Gasteiger partial charge is 0.489 e. The van der Waals surface area contributed by atoms with Gasteiger partial charge in [-0.2, -0.15) is 0 Å². The molecule has 0 aliphatic carbocycles. The molecule has 3 heteroatoms. The molecule has 16 heavy (non-hydrogen) atoms. The molecule has 0 aromatic carbocycles. The van der Waals surface area contributed by atoms with Crippen LogP contribution in [0.25, 0.3) is 0 Å². The van der Waals surface area contributed by atoms with E-state index < -0.39 is 0 Å². The third kappa shape index (κ3) is 5.01. The molecule has 0 radical (unpaired) electrons. The topological polar surface area (TPSA) is 48.1 Å². The number of aromatic nitrogens is 1. The van der Waals surface area contributed by atoms with Gasteiger partial charge >= 0.3 is 0 Å². The maximum Gasteiger partial charge on any atom is 0.138 e. The fraction of sp³-hybridized carbons (Fsp3) is 0.615. The van der Waals surface area contributed by atoms with E-state index in [1.165, 1.54) is 25.7 Å². The van der Waals surface area contributed by atoms with Gasteiger partial charge in [-0.25, -0.2) is 4.98 Å². The zero-order chi connectivity index (χ0) is 11.8. The smallest absolute Gasteiger partial charge is 0.138 e. The van der Waals surface area contributed by atoms with Crippen molar-refractivity contribution in [2.75, 3.05) is 5.73 Å². The van der Waals surface area contributed by atoms with Crippen LogP contribution in [0.3, 0.4) is 0 Å². The van der Waals surface area contributed by atoms with Crippen molar-refractivity contribution in [1.82, 2.24) is 4.98 Å². The van der Waals surface area contributed by atoms with Crippen LogP contribution in [-0.2, 0) is 0 Å². The van der Waals surface area contributed by atoms with Crippen molar-refractivity contribution < 1.29 is 4.74 Å². The van der Waals surface area contributed by atoms with Gasteiger partial charge in [-0.15, -0.1) is 0 Å². The van der Waals surface area contributed by atoms with Gasteiger partial charge in [0.25, 0.3) is 0 Å². The molecular formula is C13H22N2O. The van der Waals surface area contributed by atoms with Crippen LogP contribution in [-0.4, -0.2) is 11.1 Å². The molecule has 1 rings (SSSR count). The van der Waals surface area contributed by atoms with Crippen molar-refractivity contribution >= 4 is 5.82 Å². The Labute approximate surface area is 98.0 Å². The first-order chi connectivity index (χ1) is 7.72. The second-order valence-corrected chi connectivity index (χ2v) is 4.20. The highest BCUT2D eigenvalue weighted by Crippen LogP contribution is 2.15. The average Bonchev–Trinajstić information content (AvgIpc) is 2.28. The molecule has 0 fully saturated rings. The van der Waals surface area contributed by atoms with Gasteiger partial charge in [0.15, 0.2) is 0 Å². The first-order valence-electron chi connectivity index (χ1n) is 6.10. The summed E-state index contributed by atoms with van der Waals surface area (Å²) in [6.07, 6.45) is 8.15. The predicted molar refractivity (Wildman–Crippen MR) is 67.5 cm³/mol. The number of unbranched alkanes of at least 4 members (excludes halogenated alkanes) is 3. The molecule has 90 valence electrons. The van der Waals surface area contributed by atoms with Crippen LogP contribution >= 0.6 is 0 Å². The summed E-state index contributed by atoms with van der Waals surface area (Å²) in [5.41, 5.74) is 5.50. The van der Waals surface area contributed by atoms with E-state index >= 15 is 0 Å². The summed E-state index contributed by atoms with van der Waals surface area (Å²) in [6.45, 7) is 4.32. The number of rotatable bonds is 7. The average molecular weight is 222 g/mol. The summed E-state index contributed by atoms with van der Waals surface area (Å²) < 4.78 is 5.73. The Bertz CT molecular complexity index is 284. The normalized spacial score (nSPS) is 12.4. The molecule has 2 N–H and O–H groups in total. The zero-order valence-corrected chi connectivity index (χ0v) is 10.3. The minimum absolute atomic E-state index is 0.252. The van der Waals surface area contributed by atoms with Crippen LogP contribution in [0, 0.1) is 0 Å². The highest BCUT2D eigenvalue weighted by atomic mass is 16.5. The third-order valence-electron chi connectivity index (χ3n) is 2.56. The van der Waals surface area contributed by atoms with Gasteiger partial charge in [-0.05, 0) is 31.9 Å². The second kappa shape index (κ2) is 7.09. The molecule has 1 aromatic rings. The van der Waals surface area contributed by atoms with E-state index in [2.05, 4.69) is 18.8 Å². The lowest BCUT2D eigenvalue weighted by Crippen LogP contribution is -2.11. The first kappa shape index (κ1) is 12.8. The SMILES string of the molecule is CCCCCCC(C)Oc1ccc(N)nc1. The summed E-state index contributed by atoms with van der Waals surface area (Å²) in [6, 6.07) is 3.63. The van der Waals surface area contributed by atoms with E-state index in [-0.39, 0.29) is 6.10 Å². The quantitative estimate of drug-likeness (QED) is 0.719. The molecule has 3 nitrogen and oxygen atoms in total. The molecule has 0 bridgehead atoms. The third-order valence-corrected chi connectivity index (χ3v) is 2.56. The van der Waals surface area contributed by atoms with Crippen LogP contribution in [0.2, 0.25) is 0 Å². The van der Waals surface area contributed by atoms with Gasteiger partial charge in [-0.1, -0.05) is 26.2 Å². The maximum atomic E-state index is 5.73. The van der Waals surface area contributed by atoms with Gasteiger partial charge in [0.2, 0.25) is 0 Å². The second-order valence-electron chi connectivity index (χ2n) is 4.20. The van der Waals surface area contributed by atoms with E-state index in [0.717, 1.165) is 12.2 Å². The Morgan fingerprint density at radius 3 is 2.75 bits per heavy atom. The Kier molecular flexibility index (Phi) is 5.68. The number of ether oxygens (including phenoxy) is 1. The molecule has 0 amide bonds. The fourth-order valence-corrected chi connectivity index (χ4v) is 1.61. The van der Waals surface area contributed by atoms with Crippen LogP contribution in [0.4, 0.5) is 5.82 Å². The van der Waals surface area contributed by atoms with E-state index in [0.29, 0.717) is 5.82 Å². The molecule has 0 saturated carbocycles. The Balaban J connectivity index is 2.23. The summed E-state index contributed by atoms with van der Waals surface area (Å²) in [4.78, 5) is 3.99. The van der Waals surface area contributed by atoms with E-state index in [4.69, 9.17) is 10.5 Å². The molecule has 1 unspecified atom stereocenters. The highest BCUT2D eigenvalue weighted by molar-refractivity contribution is 5.32. The molecule has 0 aliphatic heterocycles. The van der Waals surface area contributed by atoms with Crippen LogP contribution < -0.4 is 10.5 Å². The van der Waals surface area contributed by atoms with Crippen molar-refractivity contribution in [3.8, 4) is 5.75 Å². The Hall–Kier alpha value is -1.25. The standard InChI is InChI=1S/C13H22N2O/c1-3-4-5-6-7-11(2)16-12-8-9-13(14)15-10-12/h8-11H,3-7H2,1-2H3,(H2,14,15). The summed E-state index contributed by atoms with van der Waals surface area (Å²) in [5.74, 6) is 1.33. The molecule has 0 saturated heterocycles. The van der Waals surface area contributed by atoms with Crippen LogP contribution in [0.5, 0.6) is 5.75 Å². The molecule has 0 spiro atoms. The summed E-state index contributed by atoms with van der Waals surface area (Å²) in [7, 11) is 0. The summed E-state index contributed by atoms with van der Waals surface area (Å²) in [5, 5.41) is 0. The number of pyridine rings is 1. The number of anilines is 1. The lowest BCUT2D eigenvalue weighted by molar-refractivity contribution is 0.205. The molecule has 1 aromatic heterocycles. The number of nitrogens with zero attached hydrogens (tertiary/aromatic N) is 1. The molecular weight excluding hydrogens is 200 g/mol. The number of hydrogen-bond donors (Lipinski definition) is 1. The zero-order valence-electron chi connectivity index (χ0n) is 10.3. The number of nitrogen functional groups attached to an aromatic ring is 1. The van der Waals surface area contributed by atoms with Gasteiger partial charge in [-0.3, -0.25) is 0 Å². The maximum absolute atomic E-state index is 5.73. The molecule has 0 aliphatic rings. The molecule has 1 heterocycles. The van der Waals surface area contributed by atoms with E-state index in [9.17, 15) is 0 Å². The minimum atomic E-state index is 0.252. The first-order valence-corrected chi connectivity index (χ1v) is 6.10. The minimum Gasteiger partial charge on any atom is -0.489 e. The van der Waals surface area contributed by atoms with Gasteiger partial charge < -0.3 is 10.5 Å². The summed E-state index contributed by atoms with van der Waals surface area (Å²) >= 11 is 0. The van der Waals surface area contributed by atoms with Gasteiger partial charge in [0.05, 0.1) is 12.3 Å². The van der Waals surface area contributed by atoms with E-state index in [1.807, 2.05) is 6.07 Å².